The predicted octanol–water partition coefficient (Wildman–Crippen LogP) is 3.63. The molecular weight excluding hydrogens is 298 g/mol. The second-order valence-corrected chi connectivity index (χ2v) is 7.76. The summed E-state index contributed by atoms with van der Waals surface area (Å²) >= 11 is 0. The minimum atomic E-state index is 0.190. The smallest absolute Gasteiger partial charge is 0.318 e. The highest BCUT2D eigenvalue weighted by Crippen LogP contribution is 2.39. The Balaban J connectivity index is 1.30. The third kappa shape index (κ3) is 3.52. The van der Waals surface area contributed by atoms with Gasteiger partial charge in [-0.3, -0.25) is 0 Å². The zero-order valence-corrected chi connectivity index (χ0v) is 14.7. The molecule has 0 radical (unpaired) electrons. The molecular formula is C20H29N3O. The van der Waals surface area contributed by atoms with E-state index in [2.05, 4.69) is 52.4 Å². The molecule has 1 atom stereocenters. The lowest BCUT2D eigenvalue weighted by atomic mass is 10.0. The van der Waals surface area contributed by atoms with Crippen LogP contribution in [0.1, 0.15) is 45.4 Å². The largest absolute Gasteiger partial charge is 0.371 e. The van der Waals surface area contributed by atoms with Crippen molar-refractivity contribution < 1.29 is 4.79 Å². The number of piperidine rings is 1. The van der Waals surface area contributed by atoms with Crippen molar-refractivity contribution in [3.8, 4) is 0 Å². The van der Waals surface area contributed by atoms with Crippen molar-refractivity contribution in [2.75, 3.05) is 18.0 Å². The maximum Gasteiger partial charge on any atom is 0.318 e. The zero-order chi connectivity index (χ0) is 16.5. The van der Waals surface area contributed by atoms with Gasteiger partial charge in [-0.15, -0.1) is 0 Å². The minimum Gasteiger partial charge on any atom is -0.371 e. The molecule has 1 saturated heterocycles. The van der Waals surface area contributed by atoms with Gasteiger partial charge in [-0.05, 0) is 63.5 Å². The van der Waals surface area contributed by atoms with Crippen LogP contribution < -0.4 is 10.2 Å². The topological polar surface area (TPSA) is 35.6 Å². The van der Waals surface area contributed by atoms with Crippen molar-refractivity contribution in [2.24, 2.45) is 5.92 Å². The Hall–Kier alpha value is -1.71. The maximum absolute atomic E-state index is 12.8. The fourth-order valence-electron chi connectivity index (χ4n) is 4.01. The van der Waals surface area contributed by atoms with Gasteiger partial charge < -0.3 is 15.1 Å². The van der Waals surface area contributed by atoms with Crippen molar-refractivity contribution in [3.05, 3.63) is 30.3 Å². The van der Waals surface area contributed by atoms with E-state index in [1.807, 2.05) is 0 Å². The van der Waals surface area contributed by atoms with Gasteiger partial charge in [0.2, 0.25) is 0 Å². The molecule has 0 bridgehead atoms. The molecule has 1 N–H and O–H groups in total. The number of amides is 2. The Labute approximate surface area is 145 Å². The van der Waals surface area contributed by atoms with Gasteiger partial charge in [0.15, 0.2) is 0 Å². The van der Waals surface area contributed by atoms with Crippen molar-refractivity contribution in [1.29, 1.82) is 0 Å². The summed E-state index contributed by atoms with van der Waals surface area (Å²) in [6.07, 6.45) is 7.06. The highest BCUT2D eigenvalue weighted by atomic mass is 16.2. The molecule has 24 heavy (non-hydrogen) atoms. The average molecular weight is 327 g/mol. The Morgan fingerprint density at radius 2 is 1.75 bits per heavy atom. The maximum atomic E-state index is 12.8. The summed E-state index contributed by atoms with van der Waals surface area (Å²) in [7, 11) is 0. The molecule has 3 aliphatic rings. The lowest BCUT2D eigenvalue weighted by Gasteiger charge is -2.36. The molecule has 4 heteroatoms. The van der Waals surface area contributed by atoms with Crippen LogP contribution in [0.15, 0.2) is 30.3 Å². The zero-order valence-electron chi connectivity index (χ0n) is 14.7. The van der Waals surface area contributed by atoms with Crippen LogP contribution in [-0.2, 0) is 0 Å². The van der Waals surface area contributed by atoms with E-state index in [0.717, 1.165) is 31.8 Å². The Bertz CT molecular complexity index is 560. The number of hydrogen-bond acceptors (Lipinski definition) is 2. The summed E-state index contributed by atoms with van der Waals surface area (Å²) in [6, 6.07) is 12.0. The van der Waals surface area contributed by atoms with Gasteiger partial charge in [0.1, 0.15) is 0 Å². The summed E-state index contributed by atoms with van der Waals surface area (Å²) < 4.78 is 0. The van der Waals surface area contributed by atoms with Gasteiger partial charge in [-0.1, -0.05) is 18.2 Å². The lowest BCUT2D eigenvalue weighted by Crippen LogP contribution is -2.52. The molecule has 1 aliphatic heterocycles. The monoisotopic (exact) mass is 327 g/mol. The number of nitrogens with zero attached hydrogens (tertiary/aromatic N) is 2. The quantitative estimate of drug-likeness (QED) is 0.896. The van der Waals surface area contributed by atoms with Crippen LogP contribution >= 0.6 is 0 Å². The second-order valence-electron chi connectivity index (χ2n) is 7.76. The molecule has 130 valence electrons. The van der Waals surface area contributed by atoms with E-state index in [1.54, 1.807) is 0 Å². The number of urea groups is 1. The second kappa shape index (κ2) is 6.66. The van der Waals surface area contributed by atoms with Crippen molar-refractivity contribution in [2.45, 2.75) is 63.6 Å². The molecule has 2 amide bonds. The molecule has 4 nitrogen and oxygen atoms in total. The van der Waals surface area contributed by atoms with E-state index >= 15 is 0 Å². The van der Waals surface area contributed by atoms with Crippen molar-refractivity contribution in [3.63, 3.8) is 0 Å². The van der Waals surface area contributed by atoms with Crippen LogP contribution in [0, 0.1) is 5.92 Å². The minimum absolute atomic E-state index is 0.190. The van der Waals surface area contributed by atoms with E-state index in [1.165, 1.54) is 31.4 Å². The average Bonchev–Trinajstić information content (AvgIpc) is 3.48. The molecule has 1 unspecified atom stereocenters. The molecule has 1 heterocycles. The van der Waals surface area contributed by atoms with Crippen molar-refractivity contribution >= 4 is 11.7 Å². The van der Waals surface area contributed by atoms with Crippen LogP contribution in [0.3, 0.4) is 0 Å². The van der Waals surface area contributed by atoms with E-state index in [-0.39, 0.29) is 6.03 Å². The Morgan fingerprint density at radius 1 is 1.08 bits per heavy atom. The highest BCUT2D eigenvalue weighted by Gasteiger charge is 2.42. The van der Waals surface area contributed by atoms with Crippen molar-refractivity contribution in [1.82, 2.24) is 10.2 Å². The number of rotatable bonds is 5. The number of nitrogens with one attached hydrogen (secondary N) is 1. The molecule has 0 aromatic heterocycles. The SMILES string of the molecule is CC(C1CC1)N(C(=O)NC1CCN(c2ccccc2)CC1)C1CC1. The van der Waals surface area contributed by atoms with Gasteiger partial charge in [0, 0.05) is 36.9 Å². The van der Waals surface area contributed by atoms with Gasteiger partial charge in [-0.25, -0.2) is 4.79 Å². The van der Waals surface area contributed by atoms with E-state index < -0.39 is 0 Å². The summed E-state index contributed by atoms with van der Waals surface area (Å²) in [5, 5.41) is 3.34. The summed E-state index contributed by atoms with van der Waals surface area (Å²) in [5.41, 5.74) is 1.30. The number of anilines is 1. The van der Waals surface area contributed by atoms with Gasteiger partial charge in [0.05, 0.1) is 0 Å². The van der Waals surface area contributed by atoms with Gasteiger partial charge in [0.25, 0.3) is 0 Å². The number of benzene rings is 1. The van der Waals surface area contributed by atoms with Crippen LogP contribution in [0.5, 0.6) is 0 Å². The molecule has 2 aliphatic carbocycles. The first-order chi connectivity index (χ1) is 11.7. The number of hydrogen-bond donors (Lipinski definition) is 1. The van der Waals surface area contributed by atoms with E-state index in [9.17, 15) is 4.79 Å². The highest BCUT2D eigenvalue weighted by molar-refractivity contribution is 5.75. The predicted molar refractivity (Wildman–Crippen MR) is 97.3 cm³/mol. The number of carbonyl (C=O) groups excluding carboxylic acids is 1. The Kier molecular flexibility index (Phi) is 4.38. The number of carbonyl (C=O) groups is 1. The van der Waals surface area contributed by atoms with Crippen LogP contribution in [0.4, 0.5) is 10.5 Å². The molecule has 2 saturated carbocycles. The summed E-state index contributed by atoms with van der Waals surface area (Å²) in [6.45, 7) is 4.29. The summed E-state index contributed by atoms with van der Waals surface area (Å²) in [4.78, 5) is 17.4. The first-order valence-corrected chi connectivity index (χ1v) is 9.61. The third-order valence-corrected chi connectivity index (χ3v) is 5.86. The molecule has 1 aromatic rings. The standard InChI is InChI=1S/C20H29N3O/c1-15(16-7-8-16)23(19-9-10-19)20(24)21-17-11-13-22(14-12-17)18-5-3-2-4-6-18/h2-6,15-17,19H,7-14H2,1H3,(H,21,24). The normalized spacial score (nSPS) is 23.0. The van der Waals surface area contributed by atoms with Gasteiger partial charge in [-0.2, -0.15) is 0 Å². The fourth-order valence-corrected chi connectivity index (χ4v) is 4.01. The molecule has 3 fully saturated rings. The fraction of sp³-hybridized carbons (Fsp3) is 0.650. The van der Waals surface area contributed by atoms with E-state index in [4.69, 9.17) is 0 Å². The summed E-state index contributed by atoms with van der Waals surface area (Å²) in [5.74, 6) is 0.747. The van der Waals surface area contributed by atoms with Gasteiger partial charge >= 0.3 is 6.03 Å². The molecule has 4 rings (SSSR count). The first kappa shape index (κ1) is 15.8. The van der Waals surface area contributed by atoms with Crippen LogP contribution in [-0.4, -0.2) is 42.1 Å². The van der Waals surface area contributed by atoms with Crippen LogP contribution in [0.2, 0.25) is 0 Å². The molecule has 1 aromatic carbocycles. The molecule has 0 spiro atoms. The number of para-hydroxylation sites is 1. The Morgan fingerprint density at radius 3 is 2.33 bits per heavy atom. The third-order valence-electron chi connectivity index (χ3n) is 5.86. The van der Waals surface area contributed by atoms with E-state index in [0.29, 0.717) is 18.1 Å². The first-order valence-electron chi connectivity index (χ1n) is 9.61. The lowest BCUT2D eigenvalue weighted by molar-refractivity contribution is 0.161. The van der Waals surface area contributed by atoms with Crippen LogP contribution in [0.25, 0.3) is 0 Å².